The lowest BCUT2D eigenvalue weighted by Gasteiger charge is -2.30. The van der Waals surface area contributed by atoms with E-state index in [4.69, 9.17) is 4.42 Å². The van der Waals surface area contributed by atoms with Crippen LogP contribution in [0.5, 0.6) is 0 Å². The summed E-state index contributed by atoms with van der Waals surface area (Å²) in [4.78, 5) is 15.2. The number of likely N-dealkylation sites (N-methyl/N-ethyl adjacent to an activating group) is 1. The Morgan fingerprint density at radius 3 is 2.47 bits per heavy atom. The molecule has 0 saturated heterocycles. The Balaban J connectivity index is 1.52. The number of furan rings is 1. The average molecular weight is 401 g/mol. The fourth-order valence-electron chi connectivity index (χ4n) is 4.25. The van der Waals surface area contributed by atoms with E-state index in [1.807, 2.05) is 24.3 Å². The first-order valence-electron chi connectivity index (χ1n) is 10.6. The molecular weight excluding hydrogens is 372 g/mol. The van der Waals surface area contributed by atoms with Crippen LogP contribution in [0, 0.1) is 0 Å². The first-order chi connectivity index (χ1) is 14.7. The normalized spacial score (nSPS) is 12.5. The second kappa shape index (κ2) is 9.14. The number of rotatable bonds is 8. The smallest absolute Gasteiger partial charge is 0.224 e. The molecule has 0 aliphatic heterocycles. The van der Waals surface area contributed by atoms with Gasteiger partial charge in [0.15, 0.2) is 0 Å². The molecule has 3 aromatic carbocycles. The van der Waals surface area contributed by atoms with Crippen molar-refractivity contribution in [2.24, 2.45) is 0 Å². The topological polar surface area (TPSA) is 45.5 Å². The van der Waals surface area contributed by atoms with E-state index in [1.54, 1.807) is 6.26 Å². The van der Waals surface area contributed by atoms with Gasteiger partial charge in [-0.3, -0.25) is 9.69 Å². The molecule has 4 aromatic rings. The van der Waals surface area contributed by atoms with Crippen LogP contribution in [-0.2, 0) is 11.2 Å². The van der Waals surface area contributed by atoms with E-state index in [9.17, 15) is 4.79 Å². The molecule has 4 rings (SSSR count). The van der Waals surface area contributed by atoms with Gasteiger partial charge in [-0.1, -0.05) is 74.5 Å². The van der Waals surface area contributed by atoms with Crippen LogP contribution < -0.4 is 5.32 Å². The number of carbonyl (C=O) groups excluding carboxylic acids is 1. The lowest BCUT2D eigenvalue weighted by Crippen LogP contribution is -2.38. The number of nitrogens with one attached hydrogen (secondary N) is 1. The monoisotopic (exact) mass is 400 g/mol. The Morgan fingerprint density at radius 1 is 0.967 bits per heavy atom. The SMILES string of the molecule is CCN(CC)C(CNC(=O)Cc1coc2ccc3ccccc3c12)c1ccccc1. The van der Waals surface area contributed by atoms with Crippen molar-refractivity contribution in [2.45, 2.75) is 26.3 Å². The van der Waals surface area contributed by atoms with E-state index >= 15 is 0 Å². The Kier molecular flexibility index (Phi) is 6.15. The van der Waals surface area contributed by atoms with Gasteiger partial charge in [0.25, 0.3) is 0 Å². The highest BCUT2D eigenvalue weighted by molar-refractivity contribution is 6.08. The van der Waals surface area contributed by atoms with Gasteiger partial charge in [-0.2, -0.15) is 0 Å². The summed E-state index contributed by atoms with van der Waals surface area (Å²) in [5.41, 5.74) is 2.97. The van der Waals surface area contributed by atoms with Gasteiger partial charge in [-0.05, 0) is 35.5 Å². The van der Waals surface area contributed by atoms with Crippen molar-refractivity contribution >= 4 is 27.6 Å². The van der Waals surface area contributed by atoms with Crippen LogP contribution in [0.3, 0.4) is 0 Å². The molecule has 154 valence electrons. The summed E-state index contributed by atoms with van der Waals surface area (Å²) in [6, 6.07) is 22.8. The standard InChI is InChI=1S/C26H28N2O2/c1-3-28(4-2)23(20-11-6-5-7-12-20)17-27-25(29)16-21-18-30-24-15-14-19-10-8-9-13-22(19)26(21)24/h5-15,18,23H,3-4,16-17H2,1-2H3,(H,27,29). The van der Waals surface area contributed by atoms with Crippen LogP contribution >= 0.6 is 0 Å². The maximum atomic E-state index is 12.9. The summed E-state index contributed by atoms with van der Waals surface area (Å²) >= 11 is 0. The molecule has 0 fully saturated rings. The quantitative estimate of drug-likeness (QED) is 0.435. The Bertz CT molecular complexity index is 1130. The van der Waals surface area contributed by atoms with Crippen molar-refractivity contribution < 1.29 is 9.21 Å². The third-order valence-electron chi connectivity index (χ3n) is 5.82. The summed E-state index contributed by atoms with van der Waals surface area (Å²) in [7, 11) is 0. The number of benzene rings is 3. The number of fused-ring (bicyclic) bond motifs is 3. The van der Waals surface area contributed by atoms with Crippen LogP contribution in [0.2, 0.25) is 0 Å². The minimum absolute atomic E-state index is 0.0127. The summed E-state index contributed by atoms with van der Waals surface area (Å²) in [6.45, 7) is 6.77. The van der Waals surface area contributed by atoms with Crippen molar-refractivity contribution in [3.05, 3.63) is 84.1 Å². The molecule has 4 nitrogen and oxygen atoms in total. The second-order valence-electron chi connectivity index (χ2n) is 7.55. The molecule has 1 amide bonds. The summed E-state index contributed by atoms with van der Waals surface area (Å²) in [6.07, 6.45) is 2.02. The second-order valence-corrected chi connectivity index (χ2v) is 7.55. The number of carbonyl (C=O) groups is 1. The number of nitrogens with zero attached hydrogens (tertiary/aromatic N) is 1. The summed E-state index contributed by atoms with van der Waals surface area (Å²) in [5, 5.41) is 6.47. The van der Waals surface area contributed by atoms with Crippen LogP contribution in [0.1, 0.15) is 31.0 Å². The van der Waals surface area contributed by atoms with Gasteiger partial charge in [0, 0.05) is 17.5 Å². The van der Waals surface area contributed by atoms with E-state index in [-0.39, 0.29) is 11.9 Å². The van der Waals surface area contributed by atoms with E-state index in [1.165, 1.54) is 5.56 Å². The highest BCUT2D eigenvalue weighted by Gasteiger charge is 2.19. The fraction of sp³-hybridized carbons (Fsp3) is 0.269. The molecule has 30 heavy (non-hydrogen) atoms. The van der Waals surface area contributed by atoms with Crippen molar-refractivity contribution in [3.8, 4) is 0 Å². The Labute approximate surface area is 177 Å². The number of hydrogen-bond donors (Lipinski definition) is 1. The zero-order valence-electron chi connectivity index (χ0n) is 17.6. The van der Waals surface area contributed by atoms with E-state index in [0.29, 0.717) is 13.0 Å². The molecule has 0 bridgehead atoms. The molecule has 0 saturated carbocycles. The molecule has 1 aromatic heterocycles. The minimum Gasteiger partial charge on any atom is -0.464 e. The molecule has 0 aliphatic rings. The molecular formula is C26H28N2O2. The van der Waals surface area contributed by atoms with Crippen LogP contribution in [0.15, 0.2) is 77.4 Å². The van der Waals surface area contributed by atoms with Gasteiger partial charge in [0.05, 0.1) is 18.7 Å². The van der Waals surface area contributed by atoms with Gasteiger partial charge in [-0.25, -0.2) is 0 Å². The molecule has 0 spiro atoms. The molecule has 4 heteroatoms. The van der Waals surface area contributed by atoms with Gasteiger partial charge < -0.3 is 9.73 Å². The third kappa shape index (κ3) is 4.10. The van der Waals surface area contributed by atoms with Crippen molar-refractivity contribution in [3.63, 3.8) is 0 Å². The number of hydrogen-bond acceptors (Lipinski definition) is 3. The average Bonchev–Trinajstić information content (AvgIpc) is 3.20. The molecule has 1 heterocycles. The van der Waals surface area contributed by atoms with E-state index in [0.717, 1.165) is 40.4 Å². The first-order valence-corrected chi connectivity index (χ1v) is 10.6. The molecule has 1 unspecified atom stereocenters. The summed E-state index contributed by atoms with van der Waals surface area (Å²) < 4.78 is 5.74. The Hall–Kier alpha value is -3.11. The lowest BCUT2D eigenvalue weighted by atomic mass is 10.0. The Morgan fingerprint density at radius 2 is 1.70 bits per heavy atom. The van der Waals surface area contributed by atoms with Crippen LogP contribution in [0.4, 0.5) is 0 Å². The molecule has 0 radical (unpaired) electrons. The highest BCUT2D eigenvalue weighted by atomic mass is 16.3. The molecule has 1 N–H and O–H groups in total. The van der Waals surface area contributed by atoms with Crippen molar-refractivity contribution in [1.29, 1.82) is 0 Å². The zero-order valence-corrected chi connectivity index (χ0v) is 17.6. The predicted octanol–water partition coefficient (Wildman–Crippen LogP) is 5.33. The van der Waals surface area contributed by atoms with Crippen LogP contribution in [0.25, 0.3) is 21.7 Å². The third-order valence-corrected chi connectivity index (χ3v) is 5.82. The van der Waals surface area contributed by atoms with Crippen molar-refractivity contribution in [2.75, 3.05) is 19.6 Å². The predicted molar refractivity (Wildman–Crippen MR) is 123 cm³/mol. The maximum absolute atomic E-state index is 12.9. The molecule has 1 atom stereocenters. The fourth-order valence-corrected chi connectivity index (χ4v) is 4.25. The first kappa shape index (κ1) is 20.2. The lowest BCUT2D eigenvalue weighted by molar-refractivity contribution is -0.120. The maximum Gasteiger partial charge on any atom is 0.224 e. The van der Waals surface area contributed by atoms with E-state index < -0.39 is 0 Å². The highest BCUT2D eigenvalue weighted by Crippen LogP contribution is 2.30. The van der Waals surface area contributed by atoms with Gasteiger partial charge in [-0.15, -0.1) is 0 Å². The minimum atomic E-state index is 0.0127. The van der Waals surface area contributed by atoms with Crippen molar-refractivity contribution in [1.82, 2.24) is 10.2 Å². The largest absolute Gasteiger partial charge is 0.464 e. The number of amides is 1. The van der Waals surface area contributed by atoms with Gasteiger partial charge in [0.1, 0.15) is 5.58 Å². The van der Waals surface area contributed by atoms with E-state index in [2.05, 4.69) is 66.5 Å². The van der Waals surface area contributed by atoms with Gasteiger partial charge >= 0.3 is 0 Å². The van der Waals surface area contributed by atoms with Crippen LogP contribution in [-0.4, -0.2) is 30.4 Å². The van der Waals surface area contributed by atoms with Gasteiger partial charge in [0.2, 0.25) is 5.91 Å². The summed E-state index contributed by atoms with van der Waals surface area (Å²) in [5.74, 6) is 0.0127. The zero-order chi connectivity index (χ0) is 20.9. The molecule has 0 aliphatic carbocycles.